The normalized spacial score (nSPS) is 17.5. The number of carbonyl (C=O) groups is 2. The molecule has 0 aromatic heterocycles. The number of rotatable bonds is 5. The van der Waals surface area contributed by atoms with E-state index in [1.165, 1.54) is 6.07 Å². The second-order valence-corrected chi connectivity index (χ2v) is 9.57. The van der Waals surface area contributed by atoms with Crippen molar-refractivity contribution in [2.45, 2.75) is 39.2 Å². The molecule has 1 aliphatic rings. The highest BCUT2D eigenvalue weighted by Crippen LogP contribution is 2.43. The third-order valence-corrected chi connectivity index (χ3v) is 6.10. The summed E-state index contributed by atoms with van der Waals surface area (Å²) in [4.78, 5) is 27.6. The molecule has 0 radical (unpaired) electrons. The maximum absolute atomic E-state index is 14.1. The predicted octanol–water partition coefficient (Wildman–Crippen LogP) is 6.29. The molecule has 1 saturated heterocycles. The summed E-state index contributed by atoms with van der Waals surface area (Å²) in [5.74, 6) is -3.79. The Hall–Kier alpha value is -4.00. The molecule has 1 unspecified atom stereocenters. The van der Waals surface area contributed by atoms with Crippen LogP contribution >= 0.6 is 0 Å². The Morgan fingerprint density at radius 3 is 2.28 bits per heavy atom. The molecule has 1 aliphatic heterocycles. The standard InChI is InChI=1S/C29H27F2NO4/c1-5-36-23-14-11-18(15-20(23)29(2,3)4)26(33)24-25(17-9-7-6-8-10-17)32(28(35)27(24)34)19-12-13-21(30)22(31)16-19/h6-16,25,33H,5H2,1-4H3/b26-24-. The number of benzene rings is 3. The number of amides is 1. The van der Waals surface area contributed by atoms with Crippen LogP contribution < -0.4 is 9.64 Å². The number of carbonyl (C=O) groups excluding carboxylic acids is 2. The van der Waals surface area contributed by atoms with Crippen LogP contribution in [-0.4, -0.2) is 23.4 Å². The zero-order chi connectivity index (χ0) is 26.2. The van der Waals surface area contributed by atoms with E-state index >= 15 is 0 Å². The molecular formula is C29H27F2NO4. The maximum atomic E-state index is 14.1. The average Bonchev–Trinajstić information content (AvgIpc) is 3.11. The average molecular weight is 492 g/mol. The molecule has 186 valence electrons. The SMILES string of the molecule is CCOc1ccc(/C(O)=C2/C(=O)C(=O)N(c3ccc(F)c(F)c3)C2c2ccccc2)cc1C(C)(C)C. The fourth-order valence-electron chi connectivity index (χ4n) is 4.38. The van der Waals surface area contributed by atoms with E-state index in [9.17, 15) is 23.5 Å². The molecule has 1 atom stereocenters. The monoisotopic (exact) mass is 491 g/mol. The Balaban J connectivity index is 1.94. The van der Waals surface area contributed by atoms with Gasteiger partial charge in [-0.05, 0) is 48.2 Å². The molecule has 0 aliphatic carbocycles. The van der Waals surface area contributed by atoms with E-state index in [0.29, 0.717) is 23.5 Å². The summed E-state index contributed by atoms with van der Waals surface area (Å²) in [7, 11) is 0. The summed E-state index contributed by atoms with van der Waals surface area (Å²) < 4.78 is 33.5. The number of ether oxygens (including phenoxy) is 1. The van der Waals surface area contributed by atoms with Gasteiger partial charge in [-0.15, -0.1) is 0 Å². The van der Waals surface area contributed by atoms with Gasteiger partial charge in [-0.3, -0.25) is 14.5 Å². The van der Waals surface area contributed by atoms with Gasteiger partial charge in [0, 0.05) is 22.9 Å². The third kappa shape index (κ3) is 4.49. The summed E-state index contributed by atoms with van der Waals surface area (Å²) in [6.07, 6.45) is 0. The molecule has 3 aromatic rings. The lowest BCUT2D eigenvalue weighted by Crippen LogP contribution is -2.29. The lowest BCUT2D eigenvalue weighted by molar-refractivity contribution is -0.132. The van der Waals surface area contributed by atoms with Crippen LogP contribution in [0.1, 0.15) is 50.4 Å². The molecule has 1 heterocycles. The molecular weight excluding hydrogens is 464 g/mol. The summed E-state index contributed by atoms with van der Waals surface area (Å²) >= 11 is 0. The van der Waals surface area contributed by atoms with Crippen molar-refractivity contribution in [1.82, 2.24) is 0 Å². The molecule has 1 fully saturated rings. The van der Waals surface area contributed by atoms with Crippen molar-refractivity contribution in [3.05, 3.63) is 101 Å². The smallest absolute Gasteiger partial charge is 0.300 e. The fourth-order valence-corrected chi connectivity index (χ4v) is 4.38. The van der Waals surface area contributed by atoms with Gasteiger partial charge >= 0.3 is 0 Å². The van der Waals surface area contributed by atoms with Gasteiger partial charge in [-0.25, -0.2) is 8.78 Å². The quantitative estimate of drug-likeness (QED) is 0.259. The molecule has 3 aromatic carbocycles. The minimum Gasteiger partial charge on any atom is -0.507 e. The minimum atomic E-state index is -1.15. The number of hydrogen-bond donors (Lipinski definition) is 1. The number of Topliss-reactive ketones (excluding diaryl/α,β-unsaturated/α-hetero) is 1. The van der Waals surface area contributed by atoms with E-state index in [1.54, 1.807) is 48.5 Å². The maximum Gasteiger partial charge on any atom is 0.300 e. The molecule has 1 N–H and O–H groups in total. The van der Waals surface area contributed by atoms with Gasteiger partial charge in [0.15, 0.2) is 11.6 Å². The summed E-state index contributed by atoms with van der Waals surface area (Å²) in [6, 6.07) is 15.7. The summed E-state index contributed by atoms with van der Waals surface area (Å²) in [5, 5.41) is 11.4. The highest BCUT2D eigenvalue weighted by atomic mass is 19.2. The number of ketones is 1. The first kappa shape index (κ1) is 25.1. The molecule has 0 bridgehead atoms. The lowest BCUT2D eigenvalue weighted by atomic mass is 9.84. The van der Waals surface area contributed by atoms with Crippen LogP contribution in [0.3, 0.4) is 0 Å². The Morgan fingerprint density at radius 1 is 0.972 bits per heavy atom. The predicted molar refractivity (Wildman–Crippen MR) is 134 cm³/mol. The van der Waals surface area contributed by atoms with E-state index < -0.39 is 29.4 Å². The van der Waals surface area contributed by atoms with Crippen molar-refractivity contribution in [3.63, 3.8) is 0 Å². The van der Waals surface area contributed by atoms with Crippen LogP contribution in [0.4, 0.5) is 14.5 Å². The van der Waals surface area contributed by atoms with Crippen molar-refractivity contribution in [3.8, 4) is 5.75 Å². The zero-order valence-corrected chi connectivity index (χ0v) is 20.5. The number of anilines is 1. The van der Waals surface area contributed by atoms with Gasteiger partial charge in [-0.1, -0.05) is 51.1 Å². The molecule has 0 saturated carbocycles. The second-order valence-electron chi connectivity index (χ2n) is 9.57. The number of nitrogens with zero attached hydrogens (tertiary/aromatic N) is 1. The van der Waals surface area contributed by atoms with E-state index in [1.807, 2.05) is 27.7 Å². The first-order chi connectivity index (χ1) is 17.0. The van der Waals surface area contributed by atoms with Crippen LogP contribution in [0.2, 0.25) is 0 Å². The third-order valence-electron chi connectivity index (χ3n) is 6.10. The summed E-state index contributed by atoms with van der Waals surface area (Å²) in [6.45, 7) is 8.34. The molecule has 4 rings (SSSR count). The molecule has 0 spiro atoms. The summed E-state index contributed by atoms with van der Waals surface area (Å²) in [5.41, 5.74) is 1.22. The Morgan fingerprint density at radius 2 is 1.67 bits per heavy atom. The minimum absolute atomic E-state index is 0.00553. The van der Waals surface area contributed by atoms with Crippen LogP contribution in [0.25, 0.3) is 5.76 Å². The Labute approximate surface area is 208 Å². The topological polar surface area (TPSA) is 66.8 Å². The van der Waals surface area contributed by atoms with Crippen molar-refractivity contribution in [2.24, 2.45) is 0 Å². The van der Waals surface area contributed by atoms with Crippen molar-refractivity contribution in [2.75, 3.05) is 11.5 Å². The number of halogens is 2. The van der Waals surface area contributed by atoms with Crippen LogP contribution in [0.15, 0.2) is 72.3 Å². The molecule has 36 heavy (non-hydrogen) atoms. The van der Waals surface area contributed by atoms with Crippen molar-refractivity contribution in [1.29, 1.82) is 0 Å². The van der Waals surface area contributed by atoms with Crippen LogP contribution in [-0.2, 0) is 15.0 Å². The van der Waals surface area contributed by atoms with Gasteiger partial charge in [-0.2, -0.15) is 0 Å². The first-order valence-corrected chi connectivity index (χ1v) is 11.6. The zero-order valence-electron chi connectivity index (χ0n) is 20.5. The van der Waals surface area contributed by atoms with Gasteiger partial charge in [0.25, 0.3) is 11.7 Å². The second kappa shape index (κ2) is 9.57. The number of aliphatic hydroxyl groups is 1. The largest absolute Gasteiger partial charge is 0.507 e. The van der Waals surface area contributed by atoms with E-state index in [4.69, 9.17) is 4.74 Å². The number of hydrogen-bond acceptors (Lipinski definition) is 4. The van der Waals surface area contributed by atoms with Gasteiger partial charge in [0.05, 0.1) is 18.2 Å². The molecule has 1 amide bonds. The van der Waals surface area contributed by atoms with Crippen molar-refractivity contribution >= 4 is 23.1 Å². The first-order valence-electron chi connectivity index (χ1n) is 11.6. The highest BCUT2D eigenvalue weighted by Gasteiger charge is 2.47. The van der Waals surface area contributed by atoms with E-state index in [0.717, 1.165) is 22.6 Å². The molecule has 7 heteroatoms. The Kier molecular flexibility index (Phi) is 6.67. The van der Waals surface area contributed by atoms with Crippen LogP contribution in [0.5, 0.6) is 5.75 Å². The van der Waals surface area contributed by atoms with E-state index in [-0.39, 0.29) is 22.4 Å². The van der Waals surface area contributed by atoms with Gasteiger partial charge in [0.2, 0.25) is 0 Å². The van der Waals surface area contributed by atoms with Gasteiger partial charge in [0.1, 0.15) is 11.5 Å². The van der Waals surface area contributed by atoms with Gasteiger partial charge < -0.3 is 9.84 Å². The Bertz CT molecular complexity index is 1360. The van der Waals surface area contributed by atoms with E-state index in [2.05, 4.69) is 0 Å². The highest BCUT2D eigenvalue weighted by molar-refractivity contribution is 6.51. The molecule has 5 nitrogen and oxygen atoms in total. The lowest BCUT2D eigenvalue weighted by Gasteiger charge is -2.26. The van der Waals surface area contributed by atoms with Crippen molar-refractivity contribution < 1.29 is 28.2 Å². The van der Waals surface area contributed by atoms with Crippen LogP contribution in [0, 0.1) is 11.6 Å². The number of aliphatic hydroxyl groups excluding tert-OH is 1. The fraction of sp³-hybridized carbons (Fsp3) is 0.241.